The lowest BCUT2D eigenvalue weighted by atomic mass is 10.2. The number of aromatic nitrogens is 2. The zero-order valence-corrected chi connectivity index (χ0v) is 8.72. The fourth-order valence-electron chi connectivity index (χ4n) is 1.20. The minimum absolute atomic E-state index is 0.733. The van der Waals surface area contributed by atoms with E-state index in [1.54, 1.807) is 0 Å². The van der Waals surface area contributed by atoms with Crippen LogP contribution in [0.3, 0.4) is 0 Å². The van der Waals surface area contributed by atoms with Gasteiger partial charge in [-0.05, 0) is 34.1 Å². The van der Waals surface area contributed by atoms with E-state index in [0.29, 0.717) is 0 Å². The van der Waals surface area contributed by atoms with Crippen molar-refractivity contribution in [2.45, 2.75) is 0 Å². The van der Waals surface area contributed by atoms with Crippen molar-refractivity contribution in [2.24, 2.45) is 7.05 Å². The van der Waals surface area contributed by atoms with Crippen molar-refractivity contribution in [3.05, 3.63) is 27.8 Å². The smallest absolute Gasteiger partial charge is 0.136 e. The molecule has 0 radical (unpaired) electrons. The van der Waals surface area contributed by atoms with Crippen molar-refractivity contribution in [1.29, 1.82) is 0 Å². The molecule has 0 fully saturated rings. The molecule has 1 aromatic heterocycles. The number of rotatable bonds is 0. The normalized spacial score (nSPS) is 10.9. The Morgan fingerprint density at radius 1 is 1.50 bits per heavy atom. The van der Waals surface area contributed by atoms with Gasteiger partial charge in [-0.2, -0.15) is 5.10 Å². The van der Waals surface area contributed by atoms with E-state index in [1.807, 2.05) is 29.9 Å². The number of hydrogen-bond acceptors (Lipinski definition) is 1. The lowest BCUT2D eigenvalue weighted by molar-refractivity contribution is 0.788. The summed E-state index contributed by atoms with van der Waals surface area (Å²) in [7, 11) is 1.90. The van der Waals surface area contributed by atoms with Gasteiger partial charge in [0.2, 0.25) is 0 Å². The Bertz CT molecular complexity index is 436. The third-order valence-corrected chi connectivity index (χ3v) is 2.59. The van der Waals surface area contributed by atoms with E-state index in [0.717, 1.165) is 20.5 Å². The van der Waals surface area contributed by atoms with Crippen molar-refractivity contribution < 1.29 is 0 Å². The summed E-state index contributed by atoms with van der Waals surface area (Å²) in [5.74, 6) is 0. The summed E-state index contributed by atoms with van der Waals surface area (Å²) in [6.07, 6.45) is 0. The maximum Gasteiger partial charge on any atom is 0.136 e. The summed E-state index contributed by atoms with van der Waals surface area (Å²) in [5.41, 5.74) is 1.08. The van der Waals surface area contributed by atoms with Gasteiger partial charge in [0.05, 0.1) is 5.52 Å². The van der Waals surface area contributed by atoms with Crippen LogP contribution in [0.1, 0.15) is 0 Å². The molecule has 2 aromatic rings. The molecule has 2 rings (SSSR count). The lowest BCUT2D eigenvalue weighted by Gasteiger charge is -1.92. The minimum atomic E-state index is 0.733. The van der Waals surface area contributed by atoms with E-state index in [4.69, 9.17) is 11.6 Å². The monoisotopic (exact) mass is 244 g/mol. The van der Waals surface area contributed by atoms with Gasteiger partial charge in [0, 0.05) is 17.5 Å². The van der Waals surface area contributed by atoms with Crippen LogP contribution >= 0.6 is 27.5 Å². The highest BCUT2D eigenvalue weighted by molar-refractivity contribution is 9.10. The van der Waals surface area contributed by atoms with E-state index >= 15 is 0 Å². The topological polar surface area (TPSA) is 17.8 Å². The fraction of sp³-hybridized carbons (Fsp3) is 0.125. The van der Waals surface area contributed by atoms with Crippen molar-refractivity contribution >= 4 is 38.4 Å². The molecule has 0 saturated heterocycles. The molecule has 0 amide bonds. The predicted molar refractivity (Wildman–Crippen MR) is 53.4 cm³/mol. The summed E-state index contributed by atoms with van der Waals surface area (Å²) in [6, 6.07) is 5.71. The quantitative estimate of drug-likeness (QED) is 0.698. The molecule has 1 heterocycles. The number of aryl methyl sites for hydroxylation is 1. The van der Waals surface area contributed by atoms with Gasteiger partial charge in [-0.3, -0.25) is 4.68 Å². The molecular formula is C8H6BrClN2. The van der Waals surface area contributed by atoms with Crippen LogP contribution in [0.5, 0.6) is 0 Å². The van der Waals surface area contributed by atoms with E-state index in [9.17, 15) is 0 Å². The Kier molecular flexibility index (Phi) is 1.85. The molecule has 0 saturated carbocycles. The van der Waals surface area contributed by atoms with Crippen LogP contribution < -0.4 is 0 Å². The third-order valence-electron chi connectivity index (χ3n) is 1.77. The van der Waals surface area contributed by atoms with Gasteiger partial charge >= 0.3 is 0 Å². The van der Waals surface area contributed by atoms with Crippen molar-refractivity contribution in [1.82, 2.24) is 9.78 Å². The minimum Gasteiger partial charge on any atom is -0.267 e. The van der Waals surface area contributed by atoms with Crippen LogP contribution in [0, 0.1) is 0 Å². The third kappa shape index (κ3) is 1.13. The Balaban J connectivity index is 2.90. The highest BCUT2D eigenvalue weighted by atomic mass is 79.9. The Morgan fingerprint density at radius 2 is 2.25 bits per heavy atom. The predicted octanol–water partition coefficient (Wildman–Crippen LogP) is 2.99. The number of benzene rings is 1. The maximum atomic E-state index is 5.84. The van der Waals surface area contributed by atoms with E-state index < -0.39 is 0 Å². The van der Waals surface area contributed by atoms with Crippen molar-refractivity contribution in [3.63, 3.8) is 0 Å². The van der Waals surface area contributed by atoms with Gasteiger partial charge in [0.1, 0.15) is 4.60 Å². The largest absolute Gasteiger partial charge is 0.267 e. The molecule has 0 aliphatic rings. The van der Waals surface area contributed by atoms with E-state index in [-0.39, 0.29) is 0 Å². The Labute approximate surface area is 83.3 Å². The molecule has 4 heteroatoms. The van der Waals surface area contributed by atoms with Crippen LogP contribution in [0.25, 0.3) is 10.9 Å². The molecule has 62 valence electrons. The van der Waals surface area contributed by atoms with Crippen LogP contribution in [0.2, 0.25) is 5.02 Å². The first kappa shape index (κ1) is 8.08. The first-order chi connectivity index (χ1) is 5.68. The molecule has 0 atom stereocenters. The van der Waals surface area contributed by atoms with Crippen LogP contribution in [-0.4, -0.2) is 9.78 Å². The SMILES string of the molecule is Cn1nc(Br)c2cc(Cl)ccc21. The number of fused-ring (bicyclic) bond motifs is 1. The van der Waals surface area contributed by atoms with E-state index in [1.165, 1.54) is 0 Å². The second-order valence-electron chi connectivity index (χ2n) is 2.58. The highest BCUT2D eigenvalue weighted by Crippen LogP contribution is 2.25. The molecule has 12 heavy (non-hydrogen) atoms. The Hall–Kier alpha value is -0.540. The van der Waals surface area contributed by atoms with Gasteiger partial charge in [-0.25, -0.2) is 0 Å². The second kappa shape index (κ2) is 2.75. The van der Waals surface area contributed by atoms with Gasteiger partial charge in [0.25, 0.3) is 0 Å². The van der Waals surface area contributed by atoms with Gasteiger partial charge in [-0.15, -0.1) is 0 Å². The molecule has 0 bridgehead atoms. The molecule has 0 aliphatic heterocycles. The second-order valence-corrected chi connectivity index (χ2v) is 3.76. The van der Waals surface area contributed by atoms with Gasteiger partial charge in [0.15, 0.2) is 0 Å². The average Bonchev–Trinajstić information content (AvgIpc) is 2.28. The molecule has 0 aliphatic carbocycles. The zero-order chi connectivity index (χ0) is 8.72. The van der Waals surface area contributed by atoms with Crippen LogP contribution in [0.4, 0.5) is 0 Å². The number of halogens is 2. The van der Waals surface area contributed by atoms with Crippen molar-refractivity contribution in [3.8, 4) is 0 Å². The number of hydrogen-bond donors (Lipinski definition) is 0. The van der Waals surface area contributed by atoms with Gasteiger partial charge in [-0.1, -0.05) is 11.6 Å². The first-order valence-electron chi connectivity index (χ1n) is 3.46. The molecule has 2 nitrogen and oxygen atoms in total. The Morgan fingerprint density at radius 3 is 3.00 bits per heavy atom. The summed E-state index contributed by atoms with van der Waals surface area (Å²) in [4.78, 5) is 0. The van der Waals surface area contributed by atoms with Crippen LogP contribution in [0.15, 0.2) is 22.8 Å². The standard InChI is InChI=1S/C8H6BrClN2/c1-12-7-3-2-5(10)4-6(7)8(9)11-12/h2-4H,1H3. The highest BCUT2D eigenvalue weighted by Gasteiger charge is 2.04. The fourth-order valence-corrected chi connectivity index (χ4v) is 1.92. The van der Waals surface area contributed by atoms with Crippen molar-refractivity contribution in [2.75, 3.05) is 0 Å². The first-order valence-corrected chi connectivity index (χ1v) is 4.63. The van der Waals surface area contributed by atoms with Crippen LogP contribution in [-0.2, 0) is 7.05 Å². The molecule has 0 N–H and O–H groups in total. The molecule has 0 unspecified atom stereocenters. The average molecular weight is 246 g/mol. The lowest BCUT2D eigenvalue weighted by Crippen LogP contribution is -1.87. The summed E-state index contributed by atoms with van der Waals surface area (Å²) in [5, 5.41) is 5.98. The van der Waals surface area contributed by atoms with E-state index in [2.05, 4.69) is 21.0 Å². The maximum absolute atomic E-state index is 5.84. The molecule has 1 aromatic carbocycles. The van der Waals surface area contributed by atoms with Gasteiger partial charge < -0.3 is 0 Å². The number of nitrogens with zero attached hydrogens (tertiary/aromatic N) is 2. The molecule has 0 spiro atoms. The summed E-state index contributed by atoms with van der Waals surface area (Å²) < 4.78 is 2.65. The summed E-state index contributed by atoms with van der Waals surface area (Å²) >= 11 is 9.20. The summed E-state index contributed by atoms with van der Waals surface area (Å²) in [6.45, 7) is 0. The zero-order valence-electron chi connectivity index (χ0n) is 6.38. The molecular weight excluding hydrogens is 239 g/mol.